The van der Waals surface area contributed by atoms with Gasteiger partial charge in [0.1, 0.15) is 12.0 Å². The van der Waals surface area contributed by atoms with E-state index in [0.29, 0.717) is 23.1 Å². The van der Waals surface area contributed by atoms with Crippen molar-refractivity contribution in [1.82, 2.24) is 9.97 Å². The fourth-order valence-electron chi connectivity index (χ4n) is 2.36. The van der Waals surface area contributed by atoms with Crippen LogP contribution in [0.2, 0.25) is 0 Å². The van der Waals surface area contributed by atoms with Gasteiger partial charge in [-0.3, -0.25) is 0 Å². The maximum absolute atomic E-state index is 6.19. The molecule has 0 atom stereocenters. The van der Waals surface area contributed by atoms with Gasteiger partial charge in [0.15, 0.2) is 23.1 Å². The Labute approximate surface area is 138 Å². The van der Waals surface area contributed by atoms with Crippen molar-refractivity contribution in [2.75, 3.05) is 23.2 Å². The third kappa shape index (κ3) is 2.74. The zero-order chi connectivity index (χ0) is 16.4. The van der Waals surface area contributed by atoms with Gasteiger partial charge in [-0.05, 0) is 24.3 Å². The molecule has 4 N–H and O–H groups in total. The predicted octanol–water partition coefficient (Wildman–Crippen LogP) is 3.27. The Morgan fingerprint density at radius 2 is 1.54 bits per heavy atom. The van der Waals surface area contributed by atoms with Crippen molar-refractivity contribution in [3.8, 4) is 11.5 Å². The number of nitrogens with two attached hydrogens (primary N) is 1. The van der Waals surface area contributed by atoms with Crippen LogP contribution in [0.3, 0.4) is 0 Å². The molecule has 0 spiro atoms. The molecular weight excluding hydrogens is 306 g/mol. The Morgan fingerprint density at radius 3 is 2.33 bits per heavy atom. The van der Waals surface area contributed by atoms with Crippen molar-refractivity contribution >= 4 is 28.7 Å². The summed E-state index contributed by atoms with van der Waals surface area (Å²) in [7, 11) is 0. The molecule has 0 saturated heterocycles. The normalized spacial score (nSPS) is 12.0. The van der Waals surface area contributed by atoms with Gasteiger partial charge in [-0.25, -0.2) is 9.97 Å². The Morgan fingerprint density at radius 1 is 0.833 bits per heavy atom. The summed E-state index contributed by atoms with van der Waals surface area (Å²) in [4.78, 5) is 8.41. The van der Waals surface area contributed by atoms with E-state index in [4.69, 9.17) is 15.2 Å². The van der Waals surface area contributed by atoms with Gasteiger partial charge >= 0.3 is 0 Å². The third-order valence-corrected chi connectivity index (χ3v) is 3.56. The fraction of sp³-hybridized carbons (Fsp3) is 0.0588. The van der Waals surface area contributed by atoms with Crippen LogP contribution < -0.4 is 25.8 Å². The van der Waals surface area contributed by atoms with Crippen LogP contribution in [0.5, 0.6) is 11.5 Å². The number of fused-ring (bicyclic) bond motifs is 1. The van der Waals surface area contributed by atoms with Gasteiger partial charge < -0.3 is 25.8 Å². The summed E-state index contributed by atoms with van der Waals surface area (Å²) >= 11 is 0. The van der Waals surface area contributed by atoms with Crippen LogP contribution >= 0.6 is 0 Å². The Bertz CT molecular complexity index is 870. The van der Waals surface area contributed by atoms with Crippen molar-refractivity contribution in [1.29, 1.82) is 0 Å². The van der Waals surface area contributed by atoms with Crippen LogP contribution in [0.25, 0.3) is 0 Å². The van der Waals surface area contributed by atoms with E-state index < -0.39 is 0 Å². The first kappa shape index (κ1) is 14.1. The lowest BCUT2D eigenvalue weighted by Gasteiger charge is -2.12. The molecule has 2 aromatic carbocycles. The highest BCUT2D eigenvalue weighted by Crippen LogP contribution is 2.36. The zero-order valence-electron chi connectivity index (χ0n) is 12.7. The molecule has 7 nitrogen and oxygen atoms in total. The average molecular weight is 321 g/mol. The van der Waals surface area contributed by atoms with Gasteiger partial charge in [0.25, 0.3) is 0 Å². The number of para-hydroxylation sites is 1. The summed E-state index contributed by atoms with van der Waals surface area (Å²) in [6.45, 7) is 0.236. The zero-order valence-corrected chi connectivity index (χ0v) is 12.7. The van der Waals surface area contributed by atoms with E-state index in [2.05, 4.69) is 20.6 Å². The van der Waals surface area contributed by atoms with Crippen LogP contribution in [-0.4, -0.2) is 16.8 Å². The maximum Gasteiger partial charge on any atom is 0.231 e. The molecule has 120 valence electrons. The highest BCUT2D eigenvalue weighted by molar-refractivity contribution is 5.80. The minimum Gasteiger partial charge on any atom is -0.454 e. The number of nitrogen functional groups attached to an aromatic ring is 1. The van der Waals surface area contributed by atoms with Gasteiger partial charge in [0, 0.05) is 17.4 Å². The molecule has 2 heterocycles. The van der Waals surface area contributed by atoms with Crippen LogP contribution in [-0.2, 0) is 0 Å². The molecule has 0 aliphatic carbocycles. The molecule has 0 radical (unpaired) electrons. The second kappa shape index (κ2) is 5.96. The first-order valence-corrected chi connectivity index (χ1v) is 7.39. The number of aromatic nitrogens is 2. The van der Waals surface area contributed by atoms with E-state index in [-0.39, 0.29) is 6.79 Å². The quantitative estimate of drug-likeness (QED) is 0.679. The molecule has 0 amide bonds. The van der Waals surface area contributed by atoms with E-state index in [0.717, 1.165) is 17.1 Å². The monoisotopic (exact) mass is 321 g/mol. The predicted molar refractivity (Wildman–Crippen MR) is 92.0 cm³/mol. The number of ether oxygens (including phenoxy) is 2. The summed E-state index contributed by atoms with van der Waals surface area (Å²) in [5.41, 5.74) is 8.32. The van der Waals surface area contributed by atoms with Gasteiger partial charge in [0.2, 0.25) is 6.79 Å². The summed E-state index contributed by atoms with van der Waals surface area (Å²) in [5.74, 6) is 2.47. The highest BCUT2D eigenvalue weighted by Gasteiger charge is 2.14. The molecule has 4 rings (SSSR count). The van der Waals surface area contributed by atoms with Crippen LogP contribution in [0.1, 0.15) is 0 Å². The second-order valence-electron chi connectivity index (χ2n) is 5.17. The molecule has 24 heavy (non-hydrogen) atoms. The molecule has 1 aliphatic heterocycles. The minimum absolute atomic E-state index is 0.236. The molecule has 7 heteroatoms. The summed E-state index contributed by atoms with van der Waals surface area (Å²) < 4.78 is 10.7. The number of rotatable bonds is 4. The molecule has 0 saturated carbocycles. The molecular formula is C17H15N5O2. The van der Waals surface area contributed by atoms with E-state index in [1.54, 1.807) is 0 Å². The largest absolute Gasteiger partial charge is 0.454 e. The molecule has 0 unspecified atom stereocenters. The third-order valence-electron chi connectivity index (χ3n) is 3.56. The van der Waals surface area contributed by atoms with Gasteiger partial charge in [-0.15, -0.1) is 0 Å². The topological polar surface area (TPSA) is 94.3 Å². The standard InChI is InChI=1S/C17H15N5O2/c18-15-16(21-11-4-2-1-3-5-11)19-9-20-17(15)22-12-6-7-13-14(8-12)24-10-23-13/h1-9H,10,18H2,(H2,19,20,21,22). The first-order valence-electron chi connectivity index (χ1n) is 7.39. The van der Waals surface area contributed by atoms with E-state index in [1.807, 2.05) is 48.5 Å². The van der Waals surface area contributed by atoms with E-state index >= 15 is 0 Å². The minimum atomic E-state index is 0.236. The second-order valence-corrected chi connectivity index (χ2v) is 5.17. The van der Waals surface area contributed by atoms with Crippen molar-refractivity contribution in [3.05, 3.63) is 54.9 Å². The maximum atomic E-state index is 6.19. The van der Waals surface area contributed by atoms with E-state index in [1.165, 1.54) is 6.33 Å². The number of nitrogens with zero attached hydrogens (tertiary/aromatic N) is 2. The van der Waals surface area contributed by atoms with Crippen LogP contribution in [0.4, 0.5) is 28.7 Å². The lowest BCUT2D eigenvalue weighted by atomic mass is 10.2. The lowest BCUT2D eigenvalue weighted by molar-refractivity contribution is 0.174. The highest BCUT2D eigenvalue weighted by atomic mass is 16.7. The summed E-state index contributed by atoms with van der Waals surface area (Å²) in [6, 6.07) is 15.2. The van der Waals surface area contributed by atoms with E-state index in [9.17, 15) is 0 Å². The number of benzene rings is 2. The fourth-order valence-corrected chi connectivity index (χ4v) is 2.36. The molecule has 1 aliphatic rings. The van der Waals surface area contributed by atoms with Gasteiger partial charge in [0.05, 0.1) is 0 Å². The lowest BCUT2D eigenvalue weighted by Crippen LogP contribution is -2.05. The van der Waals surface area contributed by atoms with Crippen molar-refractivity contribution < 1.29 is 9.47 Å². The van der Waals surface area contributed by atoms with Crippen LogP contribution in [0.15, 0.2) is 54.9 Å². The van der Waals surface area contributed by atoms with Crippen molar-refractivity contribution in [2.24, 2.45) is 0 Å². The SMILES string of the molecule is Nc1c(Nc2ccccc2)ncnc1Nc1ccc2c(c1)OCO2. The van der Waals surface area contributed by atoms with Crippen molar-refractivity contribution in [2.45, 2.75) is 0 Å². The molecule has 0 bridgehead atoms. The number of nitrogens with one attached hydrogen (secondary N) is 2. The number of hydrogen-bond donors (Lipinski definition) is 3. The summed E-state index contributed by atoms with van der Waals surface area (Å²) in [5, 5.41) is 6.36. The van der Waals surface area contributed by atoms with Crippen molar-refractivity contribution in [3.63, 3.8) is 0 Å². The molecule has 3 aromatic rings. The first-order chi connectivity index (χ1) is 11.8. The Kier molecular flexibility index (Phi) is 3.51. The Hall–Kier alpha value is -3.48. The number of anilines is 5. The van der Waals surface area contributed by atoms with Gasteiger partial charge in [-0.2, -0.15) is 0 Å². The van der Waals surface area contributed by atoms with Crippen LogP contribution in [0, 0.1) is 0 Å². The van der Waals surface area contributed by atoms with Gasteiger partial charge in [-0.1, -0.05) is 18.2 Å². The smallest absolute Gasteiger partial charge is 0.231 e. The Balaban J connectivity index is 1.58. The number of hydrogen-bond acceptors (Lipinski definition) is 7. The molecule has 0 fully saturated rings. The summed E-state index contributed by atoms with van der Waals surface area (Å²) in [6.07, 6.45) is 1.46. The average Bonchev–Trinajstić information content (AvgIpc) is 3.07. The molecule has 1 aromatic heterocycles.